The minimum Gasteiger partial charge on any atom is -0.508 e. The van der Waals surface area contributed by atoms with Crippen molar-refractivity contribution < 1.29 is 32.6 Å². The van der Waals surface area contributed by atoms with Gasteiger partial charge < -0.3 is 29.8 Å². The van der Waals surface area contributed by atoms with E-state index in [9.17, 15) is 28.2 Å². The Morgan fingerprint density at radius 3 is 2.71 bits per heavy atom. The largest absolute Gasteiger partial charge is 0.508 e. The highest BCUT2D eigenvalue weighted by Gasteiger charge is 2.35. The standard InChI is InChI=1S/C25H33N5O7S/c1-15(2)9-19(28-25(34)22-11-16-10-17(31)6-7-21(16)37-22)24(33)27-18-5-4-8-30(12-20(18)32)38(35,36)23-13-29(3)14-26-23/h6-7,10-11,13-15,18-20,31-32H,4-5,8-9,12H2,1-3H3,(H,27,33)(H,28,34)/t18?,19-,20?/m0/s1. The van der Waals surface area contributed by atoms with E-state index < -0.39 is 40.0 Å². The highest BCUT2D eigenvalue weighted by molar-refractivity contribution is 7.89. The van der Waals surface area contributed by atoms with Crippen molar-refractivity contribution in [1.29, 1.82) is 0 Å². The summed E-state index contributed by atoms with van der Waals surface area (Å²) >= 11 is 0. The maximum Gasteiger partial charge on any atom is 0.287 e. The zero-order chi connectivity index (χ0) is 27.6. The van der Waals surface area contributed by atoms with Gasteiger partial charge in [0.1, 0.15) is 17.4 Å². The lowest BCUT2D eigenvalue weighted by atomic mass is 10.0. The number of β-amino-alcohol motifs (C(OH)–C–C–N with tert-alkyl or cyclic N) is 1. The number of aromatic hydroxyl groups is 1. The van der Waals surface area contributed by atoms with Crippen LogP contribution in [-0.4, -0.2) is 75.6 Å². The monoisotopic (exact) mass is 547 g/mol. The van der Waals surface area contributed by atoms with Crippen LogP contribution in [0.25, 0.3) is 11.0 Å². The van der Waals surface area contributed by atoms with E-state index in [-0.39, 0.29) is 35.5 Å². The van der Waals surface area contributed by atoms with Crippen LogP contribution >= 0.6 is 0 Å². The summed E-state index contributed by atoms with van der Waals surface area (Å²) in [5.41, 5.74) is 0.421. The molecule has 1 aliphatic rings. The number of imidazole rings is 1. The third kappa shape index (κ3) is 6.17. The van der Waals surface area contributed by atoms with Crippen molar-refractivity contribution >= 4 is 32.8 Å². The molecule has 0 bridgehead atoms. The number of aromatic nitrogens is 2. The number of nitrogens with zero attached hydrogens (tertiary/aromatic N) is 3. The quantitative estimate of drug-likeness (QED) is 0.328. The van der Waals surface area contributed by atoms with Gasteiger partial charge in [-0.15, -0.1) is 0 Å². The fraction of sp³-hybridized carbons (Fsp3) is 0.480. The average molecular weight is 548 g/mol. The van der Waals surface area contributed by atoms with E-state index in [0.29, 0.717) is 30.2 Å². The summed E-state index contributed by atoms with van der Waals surface area (Å²) in [5.74, 6) is -0.967. The van der Waals surface area contributed by atoms with Gasteiger partial charge in [0, 0.05) is 31.7 Å². The van der Waals surface area contributed by atoms with Gasteiger partial charge in [0.15, 0.2) is 10.8 Å². The van der Waals surface area contributed by atoms with E-state index in [2.05, 4.69) is 15.6 Å². The minimum absolute atomic E-state index is 0.00275. The van der Waals surface area contributed by atoms with Crippen LogP contribution in [0.2, 0.25) is 0 Å². The molecule has 0 spiro atoms. The number of rotatable bonds is 8. The van der Waals surface area contributed by atoms with Crippen LogP contribution in [0.3, 0.4) is 0 Å². The van der Waals surface area contributed by atoms with Crippen LogP contribution in [0.4, 0.5) is 0 Å². The molecular formula is C25H33N5O7S. The van der Waals surface area contributed by atoms with Crippen LogP contribution in [0.5, 0.6) is 5.75 Å². The van der Waals surface area contributed by atoms with Crippen molar-refractivity contribution in [1.82, 2.24) is 24.5 Å². The molecule has 13 heteroatoms. The van der Waals surface area contributed by atoms with Gasteiger partial charge in [-0.2, -0.15) is 4.31 Å². The molecular weight excluding hydrogens is 514 g/mol. The number of aliphatic hydroxyl groups excluding tert-OH is 1. The van der Waals surface area contributed by atoms with Crippen LogP contribution < -0.4 is 10.6 Å². The molecule has 0 saturated carbocycles. The number of furan rings is 1. The van der Waals surface area contributed by atoms with Crippen molar-refractivity contribution in [3.05, 3.63) is 42.5 Å². The molecule has 206 valence electrons. The smallest absolute Gasteiger partial charge is 0.287 e. The average Bonchev–Trinajstić information content (AvgIpc) is 3.43. The second kappa shape index (κ2) is 11.1. The van der Waals surface area contributed by atoms with Gasteiger partial charge in [0.05, 0.1) is 18.5 Å². The van der Waals surface area contributed by atoms with E-state index in [1.807, 2.05) is 13.8 Å². The molecule has 4 rings (SSSR count). The van der Waals surface area contributed by atoms with Gasteiger partial charge in [0.25, 0.3) is 15.9 Å². The molecule has 3 heterocycles. The topological polar surface area (TPSA) is 167 Å². The number of carbonyl (C=O) groups excluding carboxylic acids is 2. The number of sulfonamides is 1. The number of carbonyl (C=O) groups is 2. The minimum atomic E-state index is -3.90. The molecule has 2 aromatic heterocycles. The van der Waals surface area contributed by atoms with E-state index in [1.54, 1.807) is 13.1 Å². The van der Waals surface area contributed by atoms with E-state index in [0.717, 1.165) is 0 Å². The summed E-state index contributed by atoms with van der Waals surface area (Å²) < 4.78 is 34.2. The molecule has 0 aliphatic carbocycles. The second-order valence-corrected chi connectivity index (χ2v) is 11.9. The SMILES string of the molecule is CC(C)C[C@H](NC(=O)c1cc2cc(O)ccc2o1)C(=O)NC1CCCN(S(=O)(=O)c2cn(C)cn2)CC1O. The number of fused-ring (bicyclic) bond motifs is 1. The number of phenols is 1. The zero-order valence-electron chi connectivity index (χ0n) is 21.5. The molecule has 4 N–H and O–H groups in total. The molecule has 1 aliphatic heterocycles. The number of amides is 2. The highest BCUT2D eigenvalue weighted by Crippen LogP contribution is 2.24. The first-order chi connectivity index (χ1) is 17.9. The molecule has 1 aromatic carbocycles. The third-order valence-electron chi connectivity index (χ3n) is 6.44. The number of nitrogens with one attached hydrogen (secondary N) is 2. The first-order valence-electron chi connectivity index (χ1n) is 12.4. The van der Waals surface area contributed by atoms with Gasteiger partial charge in [-0.05, 0) is 49.4 Å². The van der Waals surface area contributed by atoms with Gasteiger partial charge in [-0.3, -0.25) is 9.59 Å². The second-order valence-electron chi connectivity index (χ2n) is 10.1. The molecule has 38 heavy (non-hydrogen) atoms. The molecule has 0 radical (unpaired) electrons. The predicted octanol–water partition coefficient (Wildman–Crippen LogP) is 1.35. The van der Waals surface area contributed by atoms with Crippen molar-refractivity contribution in [2.24, 2.45) is 13.0 Å². The van der Waals surface area contributed by atoms with E-state index in [4.69, 9.17) is 4.42 Å². The Labute approximate surface area is 220 Å². The normalized spacial score (nSPS) is 19.8. The van der Waals surface area contributed by atoms with Crippen molar-refractivity contribution in [2.75, 3.05) is 13.1 Å². The van der Waals surface area contributed by atoms with Gasteiger partial charge in [-0.1, -0.05) is 13.8 Å². The van der Waals surface area contributed by atoms with Gasteiger partial charge in [0.2, 0.25) is 5.91 Å². The Hall–Kier alpha value is -3.42. The maximum atomic E-state index is 13.2. The van der Waals surface area contributed by atoms with E-state index >= 15 is 0 Å². The lowest BCUT2D eigenvalue weighted by Gasteiger charge is -2.27. The number of hydrogen-bond acceptors (Lipinski definition) is 8. The molecule has 2 amide bonds. The Bertz CT molecular complexity index is 1410. The van der Waals surface area contributed by atoms with Crippen LogP contribution in [0, 0.1) is 5.92 Å². The molecule has 12 nitrogen and oxygen atoms in total. The van der Waals surface area contributed by atoms with Crippen LogP contribution in [-0.2, 0) is 21.9 Å². The summed E-state index contributed by atoms with van der Waals surface area (Å²) in [6.45, 7) is 3.81. The first kappa shape index (κ1) is 27.6. The summed E-state index contributed by atoms with van der Waals surface area (Å²) in [6, 6.07) is 4.34. The molecule has 1 saturated heterocycles. The number of aryl methyl sites for hydroxylation is 1. The number of benzene rings is 1. The Balaban J connectivity index is 1.44. The van der Waals surface area contributed by atoms with E-state index in [1.165, 1.54) is 39.6 Å². The fourth-order valence-corrected chi connectivity index (χ4v) is 5.97. The van der Waals surface area contributed by atoms with Crippen LogP contribution in [0.15, 0.2) is 46.2 Å². The zero-order valence-corrected chi connectivity index (χ0v) is 22.3. The lowest BCUT2D eigenvalue weighted by molar-refractivity contribution is -0.125. The molecule has 2 unspecified atom stereocenters. The summed E-state index contributed by atoms with van der Waals surface area (Å²) in [6.07, 6.45) is 2.75. The van der Waals surface area contributed by atoms with Crippen molar-refractivity contribution in [2.45, 2.75) is 56.3 Å². The molecule has 3 aromatic rings. The first-order valence-corrected chi connectivity index (χ1v) is 13.9. The van der Waals surface area contributed by atoms with Gasteiger partial charge >= 0.3 is 0 Å². The van der Waals surface area contributed by atoms with Crippen molar-refractivity contribution in [3.63, 3.8) is 0 Å². The Morgan fingerprint density at radius 2 is 2.03 bits per heavy atom. The third-order valence-corrected chi connectivity index (χ3v) is 8.19. The molecule has 3 atom stereocenters. The van der Waals surface area contributed by atoms with Crippen LogP contribution in [0.1, 0.15) is 43.7 Å². The lowest BCUT2D eigenvalue weighted by Crippen LogP contribution is -2.54. The predicted molar refractivity (Wildman–Crippen MR) is 138 cm³/mol. The number of hydrogen-bond donors (Lipinski definition) is 4. The number of aliphatic hydroxyl groups is 1. The fourth-order valence-electron chi connectivity index (χ4n) is 4.51. The Morgan fingerprint density at radius 1 is 1.26 bits per heavy atom. The van der Waals surface area contributed by atoms with Gasteiger partial charge in [-0.25, -0.2) is 13.4 Å². The maximum absolute atomic E-state index is 13.2. The summed E-state index contributed by atoms with van der Waals surface area (Å²) in [7, 11) is -2.23. The number of phenolic OH excluding ortho intramolecular Hbond substituents is 1. The molecule has 1 fully saturated rings. The summed E-state index contributed by atoms with van der Waals surface area (Å²) in [5, 5.41) is 26.5. The Kier molecular flexibility index (Phi) is 8.09. The highest BCUT2D eigenvalue weighted by atomic mass is 32.2. The summed E-state index contributed by atoms with van der Waals surface area (Å²) in [4.78, 5) is 30.1. The van der Waals surface area contributed by atoms with Crippen molar-refractivity contribution in [3.8, 4) is 5.75 Å².